The Hall–Kier alpha value is -0.560. The van der Waals surface area contributed by atoms with Gasteiger partial charge in [-0.05, 0) is 57.3 Å². The Bertz CT molecular complexity index is 219. The quantitative estimate of drug-likeness (QED) is 0.595. The molecule has 0 amide bonds. The van der Waals surface area contributed by atoms with E-state index < -0.39 is 0 Å². The van der Waals surface area contributed by atoms with E-state index in [1.165, 1.54) is 38.8 Å². The summed E-state index contributed by atoms with van der Waals surface area (Å²) in [6.07, 6.45) is 12.3. The first-order valence-electron chi connectivity index (χ1n) is 5.41. The van der Waals surface area contributed by atoms with E-state index in [1.807, 2.05) is 0 Å². The van der Waals surface area contributed by atoms with Gasteiger partial charge in [0.15, 0.2) is 0 Å². The van der Waals surface area contributed by atoms with E-state index in [0.29, 0.717) is 0 Å². The minimum absolute atomic E-state index is 0.854. The molecule has 1 heterocycles. The maximum Gasteiger partial charge on any atom is -0.00159 e. The van der Waals surface area contributed by atoms with Crippen LogP contribution in [-0.2, 0) is 0 Å². The number of nitrogens with zero attached hydrogens (tertiary/aromatic N) is 1. The van der Waals surface area contributed by atoms with Gasteiger partial charge in [-0.25, -0.2) is 0 Å². The molecule has 1 fully saturated rings. The van der Waals surface area contributed by atoms with Crippen molar-refractivity contribution < 1.29 is 0 Å². The molecule has 1 nitrogen and oxygen atoms in total. The Balaban J connectivity index is 1.94. The number of piperidine rings is 1. The van der Waals surface area contributed by atoms with E-state index in [-0.39, 0.29) is 0 Å². The predicted molar refractivity (Wildman–Crippen MR) is 56.7 cm³/mol. The molecule has 2 rings (SSSR count). The lowest BCUT2D eigenvalue weighted by Gasteiger charge is -2.30. The van der Waals surface area contributed by atoms with Gasteiger partial charge >= 0.3 is 0 Å². The van der Waals surface area contributed by atoms with Crippen LogP contribution in [0.3, 0.4) is 0 Å². The van der Waals surface area contributed by atoms with E-state index in [9.17, 15) is 0 Å². The predicted octanol–water partition coefficient (Wildman–Crippen LogP) is 2.60. The zero-order chi connectivity index (χ0) is 9.10. The van der Waals surface area contributed by atoms with E-state index in [1.54, 1.807) is 5.57 Å². The molecular weight excluding hydrogens is 158 g/mol. The van der Waals surface area contributed by atoms with Gasteiger partial charge < -0.3 is 4.90 Å². The SMILES string of the molecule is CN1CCC(C2=CCCC=C2)CC1. The highest BCUT2D eigenvalue weighted by Gasteiger charge is 2.19. The Morgan fingerprint density at radius 2 is 2.00 bits per heavy atom. The summed E-state index contributed by atoms with van der Waals surface area (Å²) in [5.74, 6) is 0.854. The molecule has 0 aromatic rings. The summed E-state index contributed by atoms with van der Waals surface area (Å²) >= 11 is 0. The van der Waals surface area contributed by atoms with Crippen molar-refractivity contribution in [2.75, 3.05) is 20.1 Å². The van der Waals surface area contributed by atoms with Crippen LogP contribution in [0.2, 0.25) is 0 Å². The first kappa shape index (κ1) is 9.01. The molecule has 0 radical (unpaired) electrons. The molecule has 1 heteroatoms. The fraction of sp³-hybridized carbons (Fsp3) is 0.667. The molecule has 0 saturated carbocycles. The molecule has 0 aromatic carbocycles. The van der Waals surface area contributed by atoms with Crippen molar-refractivity contribution in [1.29, 1.82) is 0 Å². The van der Waals surface area contributed by atoms with Gasteiger partial charge in [-0.1, -0.05) is 18.2 Å². The monoisotopic (exact) mass is 177 g/mol. The van der Waals surface area contributed by atoms with Crippen molar-refractivity contribution in [2.45, 2.75) is 25.7 Å². The number of hydrogen-bond donors (Lipinski definition) is 0. The smallest absolute Gasteiger partial charge is 0.00159 e. The number of allylic oxidation sites excluding steroid dienone is 4. The van der Waals surface area contributed by atoms with E-state index in [4.69, 9.17) is 0 Å². The summed E-state index contributed by atoms with van der Waals surface area (Å²) in [7, 11) is 2.22. The van der Waals surface area contributed by atoms with Gasteiger partial charge in [0, 0.05) is 0 Å². The third kappa shape index (κ3) is 2.22. The van der Waals surface area contributed by atoms with E-state index in [2.05, 4.69) is 30.2 Å². The van der Waals surface area contributed by atoms with Crippen LogP contribution in [-0.4, -0.2) is 25.0 Å². The second-order valence-corrected chi connectivity index (χ2v) is 4.26. The van der Waals surface area contributed by atoms with Crippen LogP contribution in [0, 0.1) is 5.92 Å². The zero-order valence-corrected chi connectivity index (χ0v) is 8.50. The van der Waals surface area contributed by atoms with Crippen LogP contribution in [0.4, 0.5) is 0 Å². The normalized spacial score (nSPS) is 26.1. The minimum Gasteiger partial charge on any atom is -0.306 e. The third-order valence-corrected chi connectivity index (χ3v) is 3.21. The molecule has 1 aliphatic carbocycles. The highest BCUT2D eigenvalue weighted by atomic mass is 15.1. The number of rotatable bonds is 1. The van der Waals surface area contributed by atoms with E-state index >= 15 is 0 Å². The average Bonchev–Trinajstić information content (AvgIpc) is 2.20. The van der Waals surface area contributed by atoms with Crippen molar-refractivity contribution in [1.82, 2.24) is 4.90 Å². The highest BCUT2D eigenvalue weighted by molar-refractivity contribution is 5.25. The van der Waals surface area contributed by atoms with Crippen LogP contribution < -0.4 is 0 Å². The van der Waals surface area contributed by atoms with Crippen molar-refractivity contribution in [3.8, 4) is 0 Å². The third-order valence-electron chi connectivity index (χ3n) is 3.21. The summed E-state index contributed by atoms with van der Waals surface area (Å²) in [6.45, 7) is 2.55. The topological polar surface area (TPSA) is 3.24 Å². The molecule has 0 atom stereocenters. The van der Waals surface area contributed by atoms with Crippen molar-refractivity contribution >= 4 is 0 Å². The van der Waals surface area contributed by atoms with Gasteiger partial charge in [0.1, 0.15) is 0 Å². The van der Waals surface area contributed by atoms with Gasteiger partial charge in [-0.15, -0.1) is 0 Å². The molecule has 2 aliphatic rings. The molecule has 0 unspecified atom stereocenters. The summed E-state index contributed by atoms with van der Waals surface area (Å²) in [5, 5.41) is 0. The second kappa shape index (κ2) is 4.10. The van der Waals surface area contributed by atoms with Gasteiger partial charge in [0.25, 0.3) is 0 Å². The number of hydrogen-bond acceptors (Lipinski definition) is 1. The Kier molecular flexibility index (Phi) is 2.84. The molecule has 0 aromatic heterocycles. The molecule has 72 valence electrons. The Morgan fingerprint density at radius 1 is 1.23 bits per heavy atom. The first-order chi connectivity index (χ1) is 6.36. The van der Waals surface area contributed by atoms with Gasteiger partial charge in [0.2, 0.25) is 0 Å². The molecule has 0 bridgehead atoms. The van der Waals surface area contributed by atoms with Crippen LogP contribution in [0.15, 0.2) is 23.8 Å². The molecule has 0 N–H and O–H groups in total. The van der Waals surface area contributed by atoms with Crippen molar-refractivity contribution in [3.63, 3.8) is 0 Å². The molecule has 1 aliphatic heterocycles. The summed E-state index contributed by atoms with van der Waals surface area (Å²) in [5.41, 5.74) is 1.61. The summed E-state index contributed by atoms with van der Waals surface area (Å²) in [4.78, 5) is 2.43. The molecular formula is C12H19N. The lowest BCUT2D eigenvalue weighted by atomic mass is 9.86. The maximum atomic E-state index is 2.44. The van der Waals surface area contributed by atoms with Gasteiger partial charge in [-0.2, -0.15) is 0 Å². The Labute approximate surface area is 81.1 Å². The number of likely N-dealkylation sites (tertiary alicyclic amines) is 1. The maximum absolute atomic E-state index is 2.44. The van der Waals surface area contributed by atoms with Gasteiger partial charge in [0.05, 0.1) is 0 Å². The summed E-state index contributed by atoms with van der Waals surface area (Å²) in [6, 6.07) is 0. The van der Waals surface area contributed by atoms with Crippen LogP contribution in [0.5, 0.6) is 0 Å². The van der Waals surface area contributed by atoms with Gasteiger partial charge in [-0.3, -0.25) is 0 Å². The van der Waals surface area contributed by atoms with Crippen LogP contribution in [0.25, 0.3) is 0 Å². The zero-order valence-electron chi connectivity index (χ0n) is 8.50. The standard InChI is InChI=1S/C12H19N/c1-13-9-7-12(8-10-13)11-5-3-2-4-6-11/h3,5-6,12H,2,4,7-10H2,1H3. The van der Waals surface area contributed by atoms with Crippen molar-refractivity contribution in [3.05, 3.63) is 23.8 Å². The Morgan fingerprint density at radius 3 is 2.62 bits per heavy atom. The summed E-state index contributed by atoms with van der Waals surface area (Å²) < 4.78 is 0. The fourth-order valence-electron chi connectivity index (χ4n) is 2.28. The highest BCUT2D eigenvalue weighted by Crippen LogP contribution is 2.27. The molecule has 0 spiro atoms. The first-order valence-corrected chi connectivity index (χ1v) is 5.41. The second-order valence-electron chi connectivity index (χ2n) is 4.26. The average molecular weight is 177 g/mol. The lowest BCUT2D eigenvalue weighted by molar-refractivity contribution is 0.239. The molecule has 1 saturated heterocycles. The molecule has 13 heavy (non-hydrogen) atoms. The largest absolute Gasteiger partial charge is 0.306 e. The van der Waals surface area contributed by atoms with E-state index in [0.717, 1.165) is 5.92 Å². The fourth-order valence-corrected chi connectivity index (χ4v) is 2.28. The van der Waals surface area contributed by atoms with Crippen LogP contribution >= 0.6 is 0 Å². The lowest BCUT2D eigenvalue weighted by Crippen LogP contribution is -2.30. The minimum atomic E-state index is 0.854. The van der Waals surface area contributed by atoms with Crippen molar-refractivity contribution in [2.24, 2.45) is 5.92 Å². The van der Waals surface area contributed by atoms with Crippen LogP contribution in [0.1, 0.15) is 25.7 Å².